The summed E-state index contributed by atoms with van der Waals surface area (Å²) in [6.07, 6.45) is 3.83. The fourth-order valence-corrected chi connectivity index (χ4v) is 6.65. The molecule has 0 bridgehead atoms. The van der Waals surface area contributed by atoms with Gasteiger partial charge < -0.3 is 10.3 Å². The van der Waals surface area contributed by atoms with Gasteiger partial charge in [-0.2, -0.15) is 4.98 Å². The number of pyridine rings is 1. The molecule has 0 aromatic carbocycles. The van der Waals surface area contributed by atoms with Crippen LogP contribution >= 0.6 is 22.9 Å². The van der Waals surface area contributed by atoms with Gasteiger partial charge in [-0.15, -0.1) is 11.3 Å². The lowest BCUT2D eigenvalue weighted by Gasteiger charge is -2.33. The van der Waals surface area contributed by atoms with Gasteiger partial charge in [0.2, 0.25) is 16.0 Å². The Kier molecular flexibility index (Phi) is 4.61. The summed E-state index contributed by atoms with van der Waals surface area (Å²) in [6, 6.07) is 5.49. The molecule has 9 nitrogen and oxygen atoms in total. The van der Waals surface area contributed by atoms with Gasteiger partial charge in [-0.05, 0) is 43.5 Å². The highest BCUT2D eigenvalue weighted by atomic mass is 35.5. The maximum Gasteiger partial charge on any atom is 0.276 e. The van der Waals surface area contributed by atoms with Crippen LogP contribution in [-0.4, -0.2) is 46.6 Å². The van der Waals surface area contributed by atoms with Crippen molar-refractivity contribution in [2.45, 2.75) is 31.2 Å². The second-order valence-electron chi connectivity index (χ2n) is 7.92. The average Bonchev–Trinajstić information content (AvgIpc) is 3.30. The zero-order chi connectivity index (χ0) is 22.0. The Bertz CT molecular complexity index is 1310. The van der Waals surface area contributed by atoms with Crippen LogP contribution in [0.5, 0.6) is 0 Å². The Morgan fingerprint density at radius 3 is 2.84 bits per heavy atom. The van der Waals surface area contributed by atoms with Crippen molar-refractivity contribution in [3.05, 3.63) is 40.1 Å². The molecule has 0 saturated heterocycles. The minimum absolute atomic E-state index is 0.0613. The summed E-state index contributed by atoms with van der Waals surface area (Å²) >= 11 is 7.91. The van der Waals surface area contributed by atoms with Crippen LogP contribution < -0.4 is 5.73 Å². The summed E-state index contributed by atoms with van der Waals surface area (Å²) in [4.78, 5) is 14.7. The van der Waals surface area contributed by atoms with Crippen LogP contribution in [0.25, 0.3) is 22.0 Å². The number of guanidine groups is 1. The molecule has 1 aliphatic carbocycles. The van der Waals surface area contributed by atoms with Gasteiger partial charge in [0.25, 0.3) is 5.89 Å². The Balaban J connectivity index is 1.51. The molecule has 3 aromatic heterocycles. The van der Waals surface area contributed by atoms with Crippen LogP contribution in [-0.2, 0) is 15.6 Å². The van der Waals surface area contributed by atoms with E-state index in [0.717, 1.165) is 33.4 Å². The summed E-state index contributed by atoms with van der Waals surface area (Å²) in [5.41, 5.74) is 6.22. The minimum atomic E-state index is -3.59. The number of halogens is 1. The minimum Gasteiger partial charge on any atom is -0.369 e. The number of nitrogens with two attached hydrogens (primary N) is 1. The molecular formula is C19H19ClN6O3S2. The molecule has 1 saturated carbocycles. The zero-order valence-corrected chi connectivity index (χ0v) is 19.1. The second kappa shape index (κ2) is 7.01. The molecule has 1 atom stereocenters. The zero-order valence-electron chi connectivity index (χ0n) is 16.7. The number of rotatable bonds is 4. The Morgan fingerprint density at radius 1 is 1.35 bits per heavy atom. The third-order valence-corrected chi connectivity index (χ3v) is 9.18. The molecule has 4 heterocycles. The van der Waals surface area contributed by atoms with Crippen LogP contribution in [0, 0.1) is 0 Å². The van der Waals surface area contributed by atoms with Crippen molar-refractivity contribution >= 4 is 38.9 Å². The maximum absolute atomic E-state index is 12.5. The first-order chi connectivity index (χ1) is 14.7. The van der Waals surface area contributed by atoms with Crippen LogP contribution in [0.4, 0.5) is 0 Å². The van der Waals surface area contributed by atoms with Gasteiger partial charge in [-0.3, -0.25) is 4.98 Å². The third kappa shape index (κ3) is 3.60. The fourth-order valence-electron chi connectivity index (χ4n) is 3.49. The van der Waals surface area contributed by atoms with E-state index < -0.39 is 15.6 Å². The predicted octanol–water partition coefficient (Wildman–Crippen LogP) is 3.20. The first-order valence-corrected chi connectivity index (χ1v) is 12.4. The Morgan fingerprint density at radius 2 is 2.13 bits per heavy atom. The normalized spacial score (nSPS) is 23.1. The van der Waals surface area contributed by atoms with Crippen molar-refractivity contribution < 1.29 is 12.9 Å². The van der Waals surface area contributed by atoms with Crippen LogP contribution in [0.2, 0.25) is 5.02 Å². The van der Waals surface area contributed by atoms with E-state index in [2.05, 4.69) is 20.1 Å². The van der Waals surface area contributed by atoms with Gasteiger partial charge in [0, 0.05) is 24.0 Å². The first kappa shape index (κ1) is 20.4. The quantitative estimate of drug-likeness (QED) is 0.609. The first-order valence-electron chi connectivity index (χ1n) is 9.58. The smallest absolute Gasteiger partial charge is 0.276 e. The van der Waals surface area contributed by atoms with E-state index >= 15 is 0 Å². The molecule has 1 aliphatic heterocycles. The molecule has 162 valence electrons. The lowest BCUT2D eigenvalue weighted by Crippen LogP contribution is -2.50. The van der Waals surface area contributed by atoms with E-state index in [1.807, 2.05) is 12.1 Å². The Hall–Kier alpha value is -2.50. The molecule has 1 fully saturated rings. The number of sulfonamides is 1. The van der Waals surface area contributed by atoms with Crippen molar-refractivity contribution in [1.82, 2.24) is 19.4 Å². The summed E-state index contributed by atoms with van der Waals surface area (Å²) in [5, 5.41) is 4.48. The second-order valence-corrected chi connectivity index (χ2v) is 11.4. The molecule has 2 aliphatic rings. The number of thiophene rings is 1. The molecule has 12 heteroatoms. The molecule has 3 aromatic rings. The number of nitrogens with zero attached hydrogens (tertiary/aromatic N) is 5. The standard InChI is InChI=1S/C19H19ClN6O3S2/c1-19(9-31(27,28)26(2)18(21)24-19)15-12(20)8-14(30-15)11-5-6-22-13(7-11)17-23-16(25-29-17)10-3-4-10/h5-8,10H,3-4,9H2,1-2H3,(H2,21,24)/t19-/m0/s1. The predicted molar refractivity (Wildman–Crippen MR) is 118 cm³/mol. The van der Waals surface area contributed by atoms with Crippen molar-refractivity contribution in [3.63, 3.8) is 0 Å². The van der Waals surface area contributed by atoms with Crippen LogP contribution in [0.15, 0.2) is 33.9 Å². The van der Waals surface area contributed by atoms with Gasteiger partial charge in [0.15, 0.2) is 5.82 Å². The van der Waals surface area contributed by atoms with E-state index in [1.165, 1.54) is 18.4 Å². The van der Waals surface area contributed by atoms with E-state index in [-0.39, 0.29) is 11.7 Å². The van der Waals surface area contributed by atoms with Crippen molar-refractivity contribution in [1.29, 1.82) is 0 Å². The fraction of sp³-hybridized carbons (Fsp3) is 0.368. The topological polar surface area (TPSA) is 128 Å². The molecule has 0 unspecified atom stereocenters. The third-order valence-electron chi connectivity index (χ3n) is 5.39. The highest BCUT2D eigenvalue weighted by molar-refractivity contribution is 7.89. The van der Waals surface area contributed by atoms with Gasteiger partial charge in [-0.25, -0.2) is 17.7 Å². The average molecular weight is 479 g/mol. The number of hydrogen-bond acceptors (Lipinski definition) is 9. The summed E-state index contributed by atoms with van der Waals surface area (Å²) in [6.45, 7) is 1.72. The monoisotopic (exact) mass is 478 g/mol. The highest BCUT2D eigenvalue weighted by Gasteiger charge is 2.42. The van der Waals surface area contributed by atoms with Gasteiger partial charge in [0.1, 0.15) is 11.2 Å². The van der Waals surface area contributed by atoms with E-state index in [9.17, 15) is 8.42 Å². The molecule has 0 amide bonds. The summed E-state index contributed by atoms with van der Waals surface area (Å²) in [7, 11) is -2.20. The van der Waals surface area contributed by atoms with Gasteiger partial charge >= 0.3 is 0 Å². The molecule has 31 heavy (non-hydrogen) atoms. The van der Waals surface area contributed by atoms with Crippen molar-refractivity contribution in [2.75, 3.05) is 12.8 Å². The molecule has 2 N–H and O–H groups in total. The summed E-state index contributed by atoms with van der Waals surface area (Å²) in [5.74, 6) is 1.20. The van der Waals surface area contributed by atoms with Crippen molar-refractivity contribution in [3.8, 4) is 22.0 Å². The highest BCUT2D eigenvalue weighted by Crippen LogP contribution is 2.44. The van der Waals surface area contributed by atoms with Crippen LogP contribution in [0.3, 0.4) is 0 Å². The van der Waals surface area contributed by atoms with E-state index in [0.29, 0.717) is 27.4 Å². The maximum atomic E-state index is 12.5. The number of hydrogen-bond donors (Lipinski definition) is 1. The van der Waals surface area contributed by atoms with Gasteiger partial charge in [0.05, 0.1) is 15.7 Å². The number of aromatic nitrogens is 3. The Labute approximate surface area is 188 Å². The van der Waals surface area contributed by atoms with E-state index in [4.69, 9.17) is 21.9 Å². The van der Waals surface area contributed by atoms with Gasteiger partial charge in [-0.1, -0.05) is 16.8 Å². The lowest BCUT2D eigenvalue weighted by molar-refractivity contribution is 0.421. The summed E-state index contributed by atoms with van der Waals surface area (Å²) < 4.78 is 31.4. The molecule has 0 spiro atoms. The SMILES string of the molecule is CN1C(N)=N[C@](C)(c2sc(-c3ccnc(-c4nc(C5CC5)no4)c3)cc2Cl)CS1(=O)=O. The molecule has 0 radical (unpaired) electrons. The van der Waals surface area contributed by atoms with Crippen LogP contribution in [0.1, 0.15) is 36.4 Å². The largest absolute Gasteiger partial charge is 0.369 e. The molecule has 5 rings (SSSR count). The number of aliphatic imine (C=N–C) groups is 1. The van der Waals surface area contributed by atoms with Crippen molar-refractivity contribution in [2.24, 2.45) is 10.7 Å². The van der Waals surface area contributed by atoms with E-state index in [1.54, 1.807) is 19.2 Å². The molecular weight excluding hydrogens is 460 g/mol. The lowest BCUT2D eigenvalue weighted by atomic mass is 10.0.